The third kappa shape index (κ3) is 26.8. The van der Waals surface area contributed by atoms with Crippen LogP contribution in [0.15, 0.2) is 60.7 Å². The minimum absolute atomic E-state index is 0.214. The van der Waals surface area contributed by atoms with Crippen molar-refractivity contribution in [2.24, 2.45) is 0 Å². The van der Waals surface area contributed by atoms with Crippen LogP contribution in [0.5, 0.6) is 0 Å². The fourth-order valence-corrected chi connectivity index (χ4v) is 6.40. The molecule has 0 aliphatic carbocycles. The summed E-state index contributed by atoms with van der Waals surface area (Å²) in [5.41, 5.74) is 4.75. The van der Waals surface area contributed by atoms with Crippen LogP contribution in [0.2, 0.25) is 0 Å². The molecule has 0 aromatic heterocycles. The summed E-state index contributed by atoms with van der Waals surface area (Å²) in [5, 5.41) is 0. The van der Waals surface area contributed by atoms with E-state index >= 15 is 0 Å². The largest absolute Gasteiger partial charge is 0.351 e. The normalized spacial score (nSPS) is 11.8. The Hall–Kier alpha value is -1.62. The molecule has 0 bridgehead atoms. The zero-order valence-electron chi connectivity index (χ0n) is 30.7. The first-order chi connectivity index (χ1) is 24.3. The lowest BCUT2D eigenvalue weighted by Crippen LogP contribution is -2.05. The molecule has 0 saturated heterocycles. The summed E-state index contributed by atoms with van der Waals surface area (Å²) in [7, 11) is 0. The summed E-state index contributed by atoms with van der Waals surface area (Å²) < 4.78 is 17.0. The van der Waals surface area contributed by atoms with Gasteiger partial charge in [-0.3, -0.25) is 0 Å². The van der Waals surface area contributed by atoms with E-state index in [1.165, 1.54) is 140 Å². The number of rotatable bonds is 34. The molecule has 3 nitrogen and oxygen atoms in total. The van der Waals surface area contributed by atoms with Crippen LogP contribution in [0.4, 0.5) is 0 Å². The molecule has 2 aromatic rings. The van der Waals surface area contributed by atoms with E-state index in [0.717, 1.165) is 35.7 Å². The van der Waals surface area contributed by atoms with Crippen molar-refractivity contribution < 1.29 is 14.2 Å². The lowest BCUT2D eigenvalue weighted by atomic mass is 10.1. The summed E-state index contributed by atoms with van der Waals surface area (Å²) in [4.78, 5) is 0. The molecule has 0 unspecified atom stereocenters. The van der Waals surface area contributed by atoms with E-state index in [4.69, 9.17) is 37.4 Å². The topological polar surface area (TPSA) is 27.7 Å². The van der Waals surface area contributed by atoms with E-state index in [9.17, 15) is 0 Å². The molecule has 0 fully saturated rings. The molecule has 276 valence electrons. The van der Waals surface area contributed by atoms with Gasteiger partial charge >= 0.3 is 0 Å². The fourth-order valence-electron chi connectivity index (χ4n) is 6.02. The molecule has 0 N–H and O–H groups in total. The maximum Gasteiger partial charge on any atom is 0.150 e. The molecular weight excluding hydrogens is 647 g/mol. The first kappa shape index (κ1) is 43.5. The molecule has 2 aromatic carbocycles. The molecule has 0 radical (unpaired) electrons. The molecule has 0 aliphatic rings. The van der Waals surface area contributed by atoms with Crippen LogP contribution >= 0.6 is 23.2 Å². The number of halogens is 2. The third-order valence-electron chi connectivity index (χ3n) is 8.90. The van der Waals surface area contributed by atoms with Gasteiger partial charge in [0.25, 0.3) is 0 Å². The standard InChI is InChI=1S/C44H68Cl2O3/c45-33-23-19-15-11-7-3-1-5-9-13-17-21-27-41-29-25-31-43(35-41)37-47-39-49-40-48-38-44-32-26-30-42(36-44)28-22-18-14-10-6-2-4-8-12-16-20-24-34-46/h21-22,25-32,35-36H,1-20,23-24,33-34,37-40H2. The number of ether oxygens (including phenoxy) is 3. The number of benzene rings is 2. The van der Waals surface area contributed by atoms with Crippen molar-refractivity contribution in [1.82, 2.24) is 0 Å². The third-order valence-corrected chi connectivity index (χ3v) is 9.44. The maximum atomic E-state index is 5.74. The highest BCUT2D eigenvalue weighted by Gasteiger charge is 1.99. The van der Waals surface area contributed by atoms with Crippen LogP contribution < -0.4 is 0 Å². The van der Waals surface area contributed by atoms with E-state index in [2.05, 4.69) is 72.8 Å². The van der Waals surface area contributed by atoms with Crippen LogP contribution in [0, 0.1) is 0 Å². The number of alkyl halides is 2. The van der Waals surface area contributed by atoms with Gasteiger partial charge in [-0.15, -0.1) is 23.2 Å². The Morgan fingerprint density at radius 1 is 0.408 bits per heavy atom. The van der Waals surface area contributed by atoms with E-state index in [-0.39, 0.29) is 13.6 Å². The summed E-state index contributed by atoms with van der Waals surface area (Å²) in [6.45, 7) is 1.48. The second-order valence-electron chi connectivity index (χ2n) is 13.5. The Morgan fingerprint density at radius 2 is 0.755 bits per heavy atom. The molecular formula is C44H68Cl2O3. The van der Waals surface area contributed by atoms with Crippen LogP contribution in [0.3, 0.4) is 0 Å². The van der Waals surface area contributed by atoms with E-state index in [0.29, 0.717) is 13.2 Å². The Bertz CT molecular complexity index is 986. The molecule has 0 atom stereocenters. The van der Waals surface area contributed by atoms with E-state index < -0.39 is 0 Å². The molecule has 0 heterocycles. The van der Waals surface area contributed by atoms with Gasteiger partial charge in [-0.05, 0) is 72.9 Å². The second-order valence-corrected chi connectivity index (χ2v) is 14.2. The summed E-state index contributed by atoms with van der Waals surface area (Å²) in [6.07, 6.45) is 37.9. The fraction of sp³-hybridized carbons (Fsp3) is 0.636. The molecule has 2 rings (SSSR count). The smallest absolute Gasteiger partial charge is 0.150 e. The van der Waals surface area contributed by atoms with Gasteiger partial charge in [-0.2, -0.15) is 0 Å². The number of unbranched alkanes of at least 4 members (excludes halogenated alkanes) is 20. The van der Waals surface area contributed by atoms with Crippen molar-refractivity contribution >= 4 is 35.4 Å². The molecule has 0 aliphatic heterocycles. The predicted molar refractivity (Wildman–Crippen MR) is 214 cm³/mol. The molecule has 0 spiro atoms. The Labute approximate surface area is 311 Å². The summed E-state index contributed by atoms with van der Waals surface area (Å²) >= 11 is 11.5. The molecule has 49 heavy (non-hydrogen) atoms. The van der Waals surface area contributed by atoms with E-state index in [1.54, 1.807) is 0 Å². The van der Waals surface area contributed by atoms with Gasteiger partial charge in [0.05, 0.1) is 13.2 Å². The minimum Gasteiger partial charge on any atom is -0.351 e. The quantitative estimate of drug-likeness (QED) is 0.0410. The first-order valence-electron chi connectivity index (χ1n) is 19.7. The van der Waals surface area contributed by atoms with Gasteiger partial charge in [-0.25, -0.2) is 0 Å². The van der Waals surface area contributed by atoms with Gasteiger partial charge in [0, 0.05) is 11.8 Å². The summed E-state index contributed by atoms with van der Waals surface area (Å²) in [6, 6.07) is 17.1. The average molecular weight is 716 g/mol. The van der Waals surface area contributed by atoms with Gasteiger partial charge in [0.2, 0.25) is 0 Å². The van der Waals surface area contributed by atoms with Crippen LogP contribution in [-0.2, 0) is 27.4 Å². The Kier molecular flexibility index (Phi) is 29.8. The minimum atomic E-state index is 0.214. The van der Waals surface area contributed by atoms with Crippen molar-refractivity contribution in [3.63, 3.8) is 0 Å². The summed E-state index contributed by atoms with van der Waals surface area (Å²) in [5.74, 6) is 1.63. The lowest BCUT2D eigenvalue weighted by Gasteiger charge is -2.08. The number of allylic oxidation sites excluding steroid dienone is 2. The van der Waals surface area contributed by atoms with Gasteiger partial charge in [0.15, 0.2) is 0 Å². The van der Waals surface area contributed by atoms with Crippen LogP contribution in [0.25, 0.3) is 12.2 Å². The highest BCUT2D eigenvalue weighted by atomic mass is 35.5. The SMILES string of the molecule is ClCCCCCCCCCCCCC=Cc1cccc(COCOCOCc2cccc(C=CCCCCCCCCCCCCCl)c2)c1. The predicted octanol–water partition coefficient (Wildman–Crippen LogP) is 14.4. The second kappa shape index (κ2) is 33.5. The van der Waals surface area contributed by atoms with Gasteiger partial charge in [0.1, 0.15) is 13.6 Å². The van der Waals surface area contributed by atoms with Crippen molar-refractivity contribution in [3.05, 3.63) is 82.9 Å². The molecule has 0 amide bonds. The maximum absolute atomic E-state index is 5.74. The number of hydrogen-bond acceptors (Lipinski definition) is 3. The Morgan fingerprint density at radius 3 is 1.12 bits per heavy atom. The van der Waals surface area contributed by atoms with Crippen molar-refractivity contribution in [3.8, 4) is 0 Å². The molecule has 0 saturated carbocycles. The van der Waals surface area contributed by atoms with Gasteiger partial charge in [-0.1, -0.05) is 163 Å². The van der Waals surface area contributed by atoms with E-state index in [1.807, 2.05) is 0 Å². The monoisotopic (exact) mass is 714 g/mol. The highest BCUT2D eigenvalue weighted by Crippen LogP contribution is 2.15. The Balaban J connectivity index is 1.44. The van der Waals surface area contributed by atoms with Crippen molar-refractivity contribution in [2.75, 3.05) is 25.3 Å². The average Bonchev–Trinajstić information content (AvgIpc) is 3.12. The lowest BCUT2D eigenvalue weighted by molar-refractivity contribution is -0.139. The first-order valence-corrected chi connectivity index (χ1v) is 20.7. The number of hydrogen-bond donors (Lipinski definition) is 0. The van der Waals surface area contributed by atoms with Crippen LogP contribution in [-0.4, -0.2) is 25.3 Å². The van der Waals surface area contributed by atoms with Crippen LogP contribution in [0.1, 0.15) is 164 Å². The van der Waals surface area contributed by atoms with Crippen molar-refractivity contribution in [1.29, 1.82) is 0 Å². The zero-order valence-corrected chi connectivity index (χ0v) is 32.2. The zero-order chi connectivity index (χ0) is 34.7. The molecule has 5 heteroatoms. The van der Waals surface area contributed by atoms with Gasteiger partial charge < -0.3 is 14.2 Å². The van der Waals surface area contributed by atoms with Crippen molar-refractivity contribution in [2.45, 2.75) is 154 Å². The highest BCUT2D eigenvalue weighted by molar-refractivity contribution is 6.18.